The Labute approximate surface area is 377 Å². The first-order valence-corrected chi connectivity index (χ1v) is 20.1. The number of esters is 5. The van der Waals surface area contributed by atoms with Gasteiger partial charge in [-0.3, -0.25) is 29.3 Å². The second-order valence-electron chi connectivity index (χ2n) is 14.8. The number of hydrogen-bond donors (Lipinski definition) is 6. The molecule has 63 heavy (non-hydrogen) atoms. The zero-order chi connectivity index (χ0) is 43.9. The van der Waals surface area contributed by atoms with Gasteiger partial charge in [0.1, 0.15) is 36.4 Å². The fourth-order valence-corrected chi connectivity index (χ4v) is 6.19. The van der Waals surface area contributed by atoms with Gasteiger partial charge in [-0.25, -0.2) is 13.2 Å². The average molecular weight is 924 g/mol. The molecular formula is C43H88F3N5O12. The summed E-state index contributed by atoms with van der Waals surface area (Å²) in [5.41, 5.74) is 0.234. The molecule has 0 radical (unpaired) electrons. The molecule has 20 heteroatoms. The molecule has 5 rings (SSSR count). The van der Waals surface area contributed by atoms with Crippen LogP contribution in [-0.4, -0.2) is 162 Å². The van der Waals surface area contributed by atoms with Crippen molar-refractivity contribution < 1.29 is 70.7 Å². The molecule has 0 aromatic rings. The highest BCUT2D eigenvalue weighted by molar-refractivity contribution is 5.78. The second kappa shape index (κ2) is 36.1. The maximum absolute atomic E-state index is 12.5. The van der Waals surface area contributed by atoms with E-state index in [-0.39, 0.29) is 110 Å². The molecule has 0 bridgehead atoms. The number of rotatable bonds is 11. The van der Waals surface area contributed by atoms with E-state index >= 15 is 0 Å². The highest BCUT2D eigenvalue weighted by atomic mass is 19.3. The molecule has 5 aliphatic rings. The highest BCUT2D eigenvalue weighted by Gasteiger charge is 2.43. The summed E-state index contributed by atoms with van der Waals surface area (Å²) in [5.74, 6) is -4.23. The van der Waals surface area contributed by atoms with Crippen LogP contribution in [-0.2, 0) is 52.4 Å². The topological polar surface area (TPSA) is 221 Å². The zero-order valence-electron chi connectivity index (χ0n) is 35.3. The van der Waals surface area contributed by atoms with Gasteiger partial charge in [0, 0.05) is 59.0 Å². The second-order valence-corrected chi connectivity index (χ2v) is 14.8. The van der Waals surface area contributed by atoms with Crippen LogP contribution in [0.25, 0.3) is 0 Å². The molecule has 0 saturated carbocycles. The summed E-state index contributed by atoms with van der Waals surface area (Å²) >= 11 is 0. The first-order valence-electron chi connectivity index (χ1n) is 20.1. The number of ether oxygens (including phenoxy) is 6. The van der Waals surface area contributed by atoms with Crippen molar-refractivity contribution in [3.8, 4) is 0 Å². The zero-order valence-corrected chi connectivity index (χ0v) is 35.3. The Kier molecular flexibility index (Phi) is 39.5. The maximum Gasteiger partial charge on any atom is 0.323 e. The number of halogens is 3. The van der Waals surface area contributed by atoms with Crippen molar-refractivity contribution in [2.75, 3.05) is 72.9 Å². The van der Waals surface area contributed by atoms with Crippen LogP contribution in [0.1, 0.15) is 118 Å². The normalized spacial score (nSPS) is 26.4. The van der Waals surface area contributed by atoms with Gasteiger partial charge in [0.15, 0.2) is 0 Å². The molecule has 17 nitrogen and oxygen atoms in total. The van der Waals surface area contributed by atoms with Crippen LogP contribution in [0.5, 0.6) is 0 Å². The molecule has 0 aromatic carbocycles. The van der Waals surface area contributed by atoms with Crippen LogP contribution in [0.15, 0.2) is 0 Å². The van der Waals surface area contributed by atoms with E-state index in [1.54, 1.807) is 34.8 Å². The number of aliphatic hydroxyl groups is 1. The lowest BCUT2D eigenvalue weighted by molar-refractivity contribution is -0.146. The fourth-order valence-electron chi connectivity index (χ4n) is 6.19. The number of aliphatic hydroxyl groups excluding tert-OH is 1. The summed E-state index contributed by atoms with van der Waals surface area (Å²) in [6, 6.07) is -1.82. The summed E-state index contributed by atoms with van der Waals surface area (Å²) in [4.78, 5) is 55.3. The molecule has 5 saturated heterocycles. The van der Waals surface area contributed by atoms with Gasteiger partial charge in [-0.2, -0.15) is 0 Å². The number of carbonyl (C=O) groups excluding carboxylic acids is 5. The van der Waals surface area contributed by atoms with Crippen LogP contribution in [0.4, 0.5) is 13.2 Å². The first-order chi connectivity index (χ1) is 27.3. The first kappa shape index (κ1) is 68.9. The Morgan fingerprint density at radius 3 is 1.21 bits per heavy atom. The van der Waals surface area contributed by atoms with Crippen molar-refractivity contribution in [2.24, 2.45) is 5.41 Å². The third-order valence-corrected chi connectivity index (χ3v) is 9.16. The quantitative estimate of drug-likeness (QED) is 0.127. The third kappa shape index (κ3) is 27.7. The van der Waals surface area contributed by atoms with Gasteiger partial charge in [-0.1, -0.05) is 51.0 Å². The summed E-state index contributed by atoms with van der Waals surface area (Å²) in [6.45, 7) is 16.9. The van der Waals surface area contributed by atoms with Gasteiger partial charge >= 0.3 is 29.8 Å². The molecule has 0 aromatic heterocycles. The van der Waals surface area contributed by atoms with Crippen LogP contribution >= 0.6 is 0 Å². The highest BCUT2D eigenvalue weighted by Crippen LogP contribution is 2.27. The summed E-state index contributed by atoms with van der Waals surface area (Å²) < 4.78 is 66.5. The predicted molar refractivity (Wildman–Crippen MR) is 239 cm³/mol. The number of methoxy groups -OCH3 is 1. The SMILES string of the molecule is C.C.C.C.C.CCOC(=O)C1CC(C)(C)CN1.CCOC(=O)C1CC(F)(F)CN1.CCOC(=O)C1CC(F)CN1.CCOC(=O)C1CC(O)CN1.CCOC(=O)C1CC(OC)CN1. The van der Waals surface area contributed by atoms with Crippen molar-refractivity contribution >= 4 is 29.8 Å². The molecule has 8 unspecified atom stereocenters. The van der Waals surface area contributed by atoms with Crippen LogP contribution in [0.2, 0.25) is 0 Å². The lowest BCUT2D eigenvalue weighted by Crippen LogP contribution is -2.32. The Bertz CT molecular complexity index is 1180. The van der Waals surface area contributed by atoms with E-state index in [4.69, 9.17) is 28.8 Å². The minimum absolute atomic E-state index is 0. The molecule has 8 atom stereocenters. The Hall–Kier alpha value is -3.14. The van der Waals surface area contributed by atoms with Crippen LogP contribution in [0, 0.1) is 5.41 Å². The number of alkyl halides is 3. The molecular weight excluding hydrogens is 835 g/mol. The lowest BCUT2D eigenvalue weighted by atomic mass is 9.91. The number of nitrogens with one attached hydrogen (secondary N) is 5. The molecule has 5 aliphatic heterocycles. The molecule has 6 N–H and O–H groups in total. The van der Waals surface area contributed by atoms with Gasteiger partial charge in [0.25, 0.3) is 5.92 Å². The summed E-state index contributed by atoms with van der Waals surface area (Å²) in [5, 5.41) is 23.3. The van der Waals surface area contributed by atoms with E-state index in [0.29, 0.717) is 39.4 Å². The third-order valence-electron chi connectivity index (χ3n) is 9.16. The average Bonchev–Trinajstić information content (AvgIpc) is 4.02. The fraction of sp³-hybridized carbons (Fsp3) is 0.884. The monoisotopic (exact) mass is 924 g/mol. The van der Waals surface area contributed by atoms with E-state index in [1.165, 1.54) is 0 Å². The minimum atomic E-state index is -2.77. The van der Waals surface area contributed by atoms with E-state index < -0.39 is 49.2 Å². The predicted octanol–water partition coefficient (Wildman–Crippen LogP) is 4.11. The van der Waals surface area contributed by atoms with E-state index in [9.17, 15) is 37.1 Å². The molecule has 378 valence electrons. The van der Waals surface area contributed by atoms with Crippen molar-refractivity contribution in [1.29, 1.82) is 0 Å². The standard InChI is InChI=1S/C9H17NO2.C8H15NO3.C7H11F2NO2.C7H12FNO2.C7H13NO3.5CH4/c1-4-12-8(11)7-5-9(2,3)6-10-7;1-3-12-8(10)7-4-6(11-2)5-9-7;1-2-12-6(11)5-3-7(8,9)4-10-5;1-2-11-7(10)6-3-5(8)4-9-6;1-2-11-7(10)6-3-5(9)4-8-6;;;;;/h7,10H,4-6H2,1-3H3;6-7,9H,3-5H2,1-2H3;5,10H,2-4H2,1H3;5-6,9H,2-4H2,1H3;5-6,8-9H,2-4H2,1H3;5*1H4. The molecule has 0 spiro atoms. The van der Waals surface area contributed by atoms with Crippen molar-refractivity contribution in [3.63, 3.8) is 0 Å². The summed E-state index contributed by atoms with van der Waals surface area (Å²) in [7, 11) is 1.65. The largest absolute Gasteiger partial charge is 0.465 e. The van der Waals surface area contributed by atoms with Crippen molar-refractivity contribution in [1.82, 2.24) is 26.6 Å². The van der Waals surface area contributed by atoms with Gasteiger partial charge in [-0.15, -0.1) is 0 Å². The number of β-amino-alcohol motifs (C(OH)–C–C–N with tert-alkyl or cyclic N) is 1. The van der Waals surface area contributed by atoms with Crippen molar-refractivity contribution in [2.45, 2.75) is 172 Å². The van der Waals surface area contributed by atoms with Crippen molar-refractivity contribution in [3.05, 3.63) is 0 Å². The smallest absolute Gasteiger partial charge is 0.323 e. The molecule has 0 amide bonds. The molecule has 0 aliphatic carbocycles. The molecule has 5 heterocycles. The maximum atomic E-state index is 12.5. The van der Waals surface area contributed by atoms with E-state index in [0.717, 1.165) is 25.9 Å². The van der Waals surface area contributed by atoms with E-state index in [2.05, 4.69) is 45.2 Å². The minimum Gasteiger partial charge on any atom is -0.465 e. The number of carbonyl (C=O) groups is 5. The van der Waals surface area contributed by atoms with Crippen LogP contribution < -0.4 is 26.6 Å². The Morgan fingerprint density at radius 1 is 0.540 bits per heavy atom. The van der Waals surface area contributed by atoms with Gasteiger partial charge in [0.05, 0.1) is 51.8 Å². The lowest BCUT2D eigenvalue weighted by Gasteiger charge is -2.14. The summed E-state index contributed by atoms with van der Waals surface area (Å²) in [6.07, 6.45) is 0.721. The molecule has 5 fully saturated rings. The van der Waals surface area contributed by atoms with Gasteiger partial charge < -0.3 is 54.8 Å². The van der Waals surface area contributed by atoms with E-state index in [1.807, 2.05) is 6.92 Å². The number of hydrogen-bond acceptors (Lipinski definition) is 17. The van der Waals surface area contributed by atoms with Gasteiger partial charge in [-0.05, 0) is 46.5 Å². The Balaban J connectivity index is -0.000000218. The van der Waals surface area contributed by atoms with Gasteiger partial charge in [0.2, 0.25) is 0 Å². The van der Waals surface area contributed by atoms with Crippen LogP contribution in [0.3, 0.4) is 0 Å². The Morgan fingerprint density at radius 2 is 0.905 bits per heavy atom.